The molecule has 1 N–H and O–H groups in total. The molecule has 7 nitrogen and oxygen atoms in total. The zero-order valence-electron chi connectivity index (χ0n) is 18.0. The van der Waals surface area contributed by atoms with E-state index in [1.165, 1.54) is 15.6 Å². The molecule has 1 saturated carbocycles. The lowest BCUT2D eigenvalue weighted by Gasteiger charge is -2.34. The zero-order chi connectivity index (χ0) is 22.3. The van der Waals surface area contributed by atoms with E-state index in [1.54, 1.807) is 24.0 Å². The quantitative estimate of drug-likeness (QED) is 0.741. The Hall–Kier alpha value is -2.23. The Morgan fingerprint density at radius 1 is 1.00 bits per heavy atom. The molecule has 1 aliphatic heterocycles. The number of nitrogens with one attached hydrogen (secondary N) is 1. The summed E-state index contributed by atoms with van der Waals surface area (Å²) in [7, 11) is -3.59. The predicted octanol–water partition coefficient (Wildman–Crippen LogP) is 3.17. The van der Waals surface area contributed by atoms with Crippen LogP contribution in [0.4, 0.5) is 5.00 Å². The molecular formula is C22H27N3O4S2. The van der Waals surface area contributed by atoms with Gasteiger partial charge in [0.1, 0.15) is 0 Å². The molecular weight excluding hydrogens is 434 g/mol. The molecule has 1 aromatic heterocycles. The molecule has 2 fully saturated rings. The van der Waals surface area contributed by atoms with Gasteiger partial charge in [-0.2, -0.15) is 4.31 Å². The number of anilines is 1. The summed E-state index contributed by atoms with van der Waals surface area (Å²) in [6, 6.07) is 7.16. The maximum Gasteiger partial charge on any atom is 0.264 e. The molecule has 1 aliphatic carbocycles. The molecule has 31 heavy (non-hydrogen) atoms. The van der Waals surface area contributed by atoms with Crippen molar-refractivity contribution in [2.75, 3.05) is 31.5 Å². The highest BCUT2D eigenvalue weighted by atomic mass is 32.2. The zero-order valence-corrected chi connectivity index (χ0v) is 19.6. The number of nitrogens with zero attached hydrogens (tertiary/aromatic N) is 2. The minimum absolute atomic E-state index is 0.0190. The molecule has 0 radical (unpaired) electrons. The van der Waals surface area contributed by atoms with Crippen molar-refractivity contribution in [1.29, 1.82) is 0 Å². The van der Waals surface area contributed by atoms with Gasteiger partial charge in [0.15, 0.2) is 0 Å². The first-order valence-electron chi connectivity index (χ1n) is 10.4. The van der Waals surface area contributed by atoms with Gasteiger partial charge in [0.05, 0.1) is 14.8 Å². The standard InChI is InChI=1S/C22H27N3O4S2/c1-14-4-7-18(15(2)12-14)31(28,29)25-10-8-24(9-11-25)22(27)20-16(3)13-19(30-20)23-21(26)17-5-6-17/h4,7,12-13,17H,5-6,8-11H2,1-3H3,(H,23,26). The second-order valence-electron chi connectivity index (χ2n) is 8.35. The number of carbonyl (C=O) groups is 2. The van der Waals surface area contributed by atoms with Gasteiger partial charge in [0.2, 0.25) is 15.9 Å². The van der Waals surface area contributed by atoms with Gasteiger partial charge in [-0.1, -0.05) is 17.7 Å². The number of sulfonamides is 1. The lowest BCUT2D eigenvalue weighted by atomic mass is 10.2. The van der Waals surface area contributed by atoms with Crippen LogP contribution in [0, 0.1) is 26.7 Å². The summed E-state index contributed by atoms with van der Waals surface area (Å²) >= 11 is 1.29. The topological polar surface area (TPSA) is 86.8 Å². The van der Waals surface area contributed by atoms with Crippen LogP contribution in [0.2, 0.25) is 0 Å². The first-order valence-corrected chi connectivity index (χ1v) is 12.7. The smallest absolute Gasteiger partial charge is 0.264 e. The highest BCUT2D eigenvalue weighted by Crippen LogP contribution is 2.33. The Labute approximate surface area is 187 Å². The second kappa shape index (κ2) is 8.37. The van der Waals surface area contributed by atoms with Crippen molar-refractivity contribution in [2.24, 2.45) is 5.92 Å². The third-order valence-electron chi connectivity index (χ3n) is 5.78. The molecule has 0 spiro atoms. The van der Waals surface area contributed by atoms with E-state index in [1.807, 2.05) is 26.0 Å². The van der Waals surface area contributed by atoms with Gasteiger partial charge in [0.25, 0.3) is 5.91 Å². The third-order valence-corrected chi connectivity index (χ3v) is 8.98. The summed E-state index contributed by atoms with van der Waals surface area (Å²) in [6.07, 6.45) is 1.86. The van der Waals surface area contributed by atoms with Gasteiger partial charge in [-0.25, -0.2) is 8.42 Å². The summed E-state index contributed by atoms with van der Waals surface area (Å²) in [6.45, 7) is 6.79. The van der Waals surface area contributed by atoms with Crippen molar-refractivity contribution in [3.63, 3.8) is 0 Å². The number of carbonyl (C=O) groups excluding carboxylic acids is 2. The van der Waals surface area contributed by atoms with Crippen LogP contribution in [-0.4, -0.2) is 55.6 Å². The normalized spacial score (nSPS) is 17.6. The Balaban J connectivity index is 1.42. The van der Waals surface area contributed by atoms with Gasteiger partial charge in [-0.3, -0.25) is 9.59 Å². The van der Waals surface area contributed by atoms with Crippen molar-refractivity contribution in [3.8, 4) is 0 Å². The monoisotopic (exact) mass is 461 g/mol. The van der Waals surface area contributed by atoms with Gasteiger partial charge in [-0.15, -0.1) is 11.3 Å². The molecule has 166 valence electrons. The highest BCUT2D eigenvalue weighted by molar-refractivity contribution is 7.89. The number of amides is 2. The fourth-order valence-corrected chi connectivity index (χ4v) is 6.50. The first kappa shape index (κ1) is 22.0. The van der Waals surface area contributed by atoms with Crippen LogP contribution in [0.5, 0.6) is 0 Å². The van der Waals surface area contributed by atoms with Crippen molar-refractivity contribution < 1.29 is 18.0 Å². The van der Waals surface area contributed by atoms with E-state index in [4.69, 9.17) is 0 Å². The molecule has 2 amide bonds. The molecule has 9 heteroatoms. The number of piperazine rings is 1. The van der Waals surface area contributed by atoms with Crippen LogP contribution < -0.4 is 5.32 Å². The molecule has 2 aliphatic rings. The van der Waals surface area contributed by atoms with Crippen LogP contribution in [0.25, 0.3) is 0 Å². The average molecular weight is 462 g/mol. The van der Waals surface area contributed by atoms with Crippen molar-refractivity contribution in [2.45, 2.75) is 38.5 Å². The minimum Gasteiger partial charge on any atom is -0.335 e. The molecule has 0 bridgehead atoms. The number of aryl methyl sites for hydroxylation is 3. The van der Waals surface area contributed by atoms with Gasteiger partial charge in [0, 0.05) is 32.1 Å². The number of benzene rings is 1. The van der Waals surface area contributed by atoms with Crippen molar-refractivity contribution in [3.05, 3.63) is 45.8 Å². The Kier molecular flexibility index (Phi) is 5.93. The SMILES string of the molecule is Cc1ccc(S(=O)(=O)N2CCN(C(=O)c3sc(NC(=O)C4CC4)cc3C)CC2)c(C)c1. The molecule has 2 heterocycles. The Morgan fingerprint density at radius 2 is 1.68 bits per heavy atom. The van der Waals surface area contributed by atoms with Gasteiger partial charge in [-0.05, 0) is 56.9 Å². The van der Waals surface area contributed by atoms with E-state index >= 15 is 0 Å². The summed E-state index contributed by atoms with van der Waals surface area (Å²) in [5, 5.41) is 3.59. The fourth-order valence-electron chi connectivity index (χ4n) is 3.83. The molecule has 1 aromatic carbocycles. The van der Waals surface area contributed by atoms with Gasteiger partial charge >= 0.3 is 0 Å². The van der Waals surface area contributed by atoms with Crippen LogP contribution in [0.3, 0.4) is 0 Å². The van der Waals surface area contributed by atoms with Gasteiger partial charge < -0.3 is 10.2 Å². The Bertz CT molecular complexity index is 1130. The minimum atomic E-state index is -3.59. The fraction of sp³-hybridized carbons (Fsp3) is 0.455. The molecule has 0 unspecified atom stereocenters. The summed E-state index contributed by atoms with van der Waals surface area (Å²) in [4.78, 5) is 27.6. The summed E-state index contributed by atoms with van der Waals surface area (Å²) in [5.74, 6) is 0.0113. The van der Waals surface area contributed by atoms with E-state index in [9.17, 15) is 18.0 Å². The largest absolute Gasteiger partial charge is 0.335 e. The molecule has 1 saturated heterocycles. The lowest BCUT2D eigenvalue weighted by molar-refractivity contribution is -0.117. The van der Waals surface area contributed by atoms with Crippen LogP contribution in [0.15, 0.2) is 29.2 Å². The molecule has 4 rings (SSSR count). The second-order valence-corrected chi connectivity index (χ2v) is 11.3. The predicted molar refractivity (Wildman–Crippen MR) is 121 cm³/mol. The Morgan fingerprint density at radius 3 is 2.29 bits per heavy atom. The van der Waals surface area contributed by atoms with Crippen molar-refractivity contribution in [1.82, 2.24) is 9.21 Å². The average Bonchev–Trinajstić information content (AvgIpc) is 3.51. The van der Waals surface area contributed by atoms with E-state index in [2.05, 4.69) is 5.32 Å². The highest BCUT2D eigenvalue weighted by Gasteiger charge is 2.33. The van der Waals surface area contributed by atoms with E-state index in [-0.39, 0.29) is 30.8 Å². The number of hydrogen-bond donors (Lipinski definition) is 1. The summed E-state index contributed by atoms with van der Waals surface area (Å²) in [5.41, 5.74) is 2.57. The maximum absolute atomic E-state index is 13.1. The maximum atomic E-state index is 13.1. The number of hydrogen-bond acceptors (Lipinski definition) is 5. The summed E-state index contributed by atoms with van der Waals surface area (Å²) < 4.78 is 27.6. The van der Waals surface area contributed by atoms with E-state index in [0.29, 0.717) is 27.9 Å². The molecule has 2 aromatic rings. The number of thiophene rings is 1. The number of rotatable bonds is 5. The van der Waals surface area contributed by atoms with Crippen molar-refractivity contribution >= 4 is 38.2 Å². The third kappa shape index (κ3) is 4.53. The van der Waals surface area contributed by atoms with Crippen LogP contribution in [-0.2, 0) is 14.8 Å². The molecule has 0 atom stereocenters. The van der Waals surface area contributed by atoms with E-state index in [0.717, 1.165) is 29.5 Å². The lowest BCUT2D eigenvalue weighted by Crippen LogP contribution is -2.50. The first-order chi connectivity index (χ1) is 14.7. The van der Waals surface area contributed by atoms with E-state index < -0.39 is 10.0 Å². The van der Waals surface area contributed by atoms with Crippen LogP contribution >= 0.6 is 11.3 Å². The van der Waals surface area contributed by atoms with Crippen LogP contribution in [0.1, 0.15) is 39.2 Å².